The molecule has 5 nitrogen and oxygen atoms in total. The van der Waals surface area contributed by atoms with E-state index in [1.54, 1.807) is 24.6 Å². The molecule has 1 aromatic carbocycles. The third-order valence-electron chi connectivity index (χ3n) is 4.19. The lowest BCUT2D eigenvalue weighted by molar-refractivity contribution is -0.142. The number of amidine groups is 1. The van der Waals surface area contributed by atoms with Crippen LogP contribution in [-0.4, -0.2) is 21.2 Å². The molecule has 3 rings (SSSR count). The Morgan fingerprint density at radius 3 is 2.78 bits per heavy atom. The minimum atomic E-state index is -4.52. The van der Waals surface area contributed by atoms with Gasteiger partial charge in [0.05, 0.1) is 11.4 Å². The maximum Gasteiger partial charge on any atom is 0.435 e. The number of nitriles is 1. The molecule has 2 aromatic rings. The molecule has 0 amide bonds. The summed E-state index contributed by atoms with van der Waals surface area (Å²) in [5.41, 5.74) is 0.672. The lowest BCUT2D eigenvalue weighted by atomic mass is 9.95. The van der Waals surface area contributed by atoms with E-state index in [9.17, 15) is 13.2 Å². The van der Waals surface area contributed by atoms with Crippen LogP contribution in [0.3, 0.4) is 0 Å². The van der Waals surface area contributed by atoms with Crippen molar-refractivity contribution in [1.82, 2.24) is 15.1 Å². The molecule has 0 saturated carbocycles. The van der Waals surface area contributed by atoms with Gasteiger partial charge in [0.1, 0.15) is 0 Å². The minimum absolute atomic E-state index is 0.249. The van der Waals surface area contributed by atoms with E-state index in [0.29, 0.717) is 46.5 Å². The zero-order valence-electron chi connectivity index (χ0n) is 14.3. The lowest BCUT2D eigenvalue weighted by Crippen LogP contribution is -2.13. The van der Waals surface area contributed by atoms with Crippen molar-refractivity contribution in [2.24, 2.45) is 4.99 Å². The van der Waals surface area contributed by atoms with E-state index < -0.39 is 11.9 Å². The molecule has 1 heterocycles. The first-order chi connectivity index (χ1) is 12.8. The highest BCUT2D eigenvalue weighted by Crippen LogP contribution is 2.38. The molecule has 0 unspecified atom stereocenters. The summed E-state index contributed by atoms with van der Waals surface area (Å²) in [7, 11) is 0. The number of halogens is 4. The van der Waals surface area contributed by atoms with E-state index in [2.05, 4.69) is 15.4 Å². The van der Waals surface area contributed by atoms with Crippen LogP contribution in [0.25, 0.3) is 5.69 Å². The molecule has 0 saturated heterocycles. The molecule has 0 aliphatic heterocycles. The molecule has 142 valence electrons. The number of hydrogen-bond acceptors (Lipinski definition) is 4. The molecular formula is C17H15ClF3N5S. The molecule has 0 fully saturated rings. The van der Waals surface area contributed by atoms with Gasteiger partial charge in [-0.05, 0) is 50.1 Å². The largest absolute Gasteiger partial charge is 0.435 e. The number of nitrogens with zero attached hydrogens (tertiary/aromatic N) is 4. The number of rotatable bonds is 2. The average Bonchev–Trinajstić information content (AvgIpc) is 3.01. The number of benzene rings is 1. The topological polar surface area (TPSA) is 66.0 Å². The Kier molecular flexibility index (Phi) is 5.67. The monoisotopic (exact) mass is 413 g/mol. The van der Waals surface area contributed by atoms with Crippen molar-refractivity contribution in [1.29, 1.82) is 5.26 Å². The second-order valence-corrected chi connectivity index (χ2v) is 7.11. The van der Waals surface area contributed by atoms with Gasteiger partial charge in [-0.25, -0.2) is 9.67 Å². The van der Waals surface area contributed by atoms with Crippen molar-refractivity contribution in [3.05, 3.63) is 40.2 Å². The summed E-state index contributed by atoms with van der Waals surface area (Å²) < 4.78 is 41.7. The van der Waals surface area contributed by atoms with Crippen molar-refractivity contribution < 1.29 is 13.2 Å². The van der Waals surface area contributed by atoms with Gasteiger partial charge in [0.25, 0.3) is 0 Å². The van der Waals surface area contributed by atoms with Crippen LogP contribution in [0.4, 0.5) is 18.9 Å². The van der Waals surface area contributed by atoms with Crippen LogP contribution in [0.5, 0.6) is 0 Å². The Balaban J connectivity index is 2.21. The zero-order chi connectivity index (χ0) is 19.6. The molecule has 0 bridgehead atoms. The van der Waals surface area contributed by atoms with Gasteiger partial charge in [0, 0.05) is 16.3 Å². The van der Waals surface area contributed by atoms with E-state index in [-0.39, 0.29) is 5.56 Å². The van der Waals surface area contributed by atoms with Gasteiger partial charge in [-0.1, -0.05) is 23.4 Å². The molecule has 27 heavy (non-hydrogen) atoms. The zero-order valence-corrected chi connectivity index (χ0v) is 15.8. The Morgan fingerprint density at radius 2 is 2.11 bits per heavy atom. The van der Waals surface area contributed by atoms with Gasteiger partial charge in [0.2, 0.25) is 0 Å². The Hall–Kier alpha value is -2.18. The van der Waals surface area contributed by atoms with E-state index in [1.807, 2.05) is 0 Å². The van der Waals surface area contributed by atoms with Gasteiger partial charge in [0.15, 0.2) is 17.1 Å². The fourth-order valence-corrected chi connectivity index (χ4v) is 3.58. The van der Waals surface area contributed by atoms with Gasteiger partial charge in [-0.2, -0.15) is 23.5 Å². The summed E-state index contributed by atoms with van der Waals surface area (Å²) in [6.07, 6.45) is 1.35. The first kappa shape index (κ1) is 19.6. The first-order valence-corrected chi connectivity index (χ1v) is 9.71. The second kappa shape index (κ2) is 7.82. The maximum atomic E-state index is 13.5. The van der Waals surface area contributed by atoms with Gasteiger partial charge in [-0.15, -0.1) is 0 Å². The molecule has 1 aliphatic rings. The van der Waals surface area contributed by atoms with Gasteiger partial charge in [-0.3, -0.25) is 5.32 Å². The third-order valence-corrected chi connectivity index (χ3v) is 5.01. The SMILES string of the molecule is CSC(=Nc1cc(Cl)ccc1-n1nc(C(F)(F)F)c2c1CCCC2)NC#N. The molecule has 10 heteroatoms. The summed E-state index contributed by atoms with van der Waals surface area (Å²) in [5, 5.41) is 15.8. The first-order valence-electron chi connectivity index (χ1n) is 8.11. The average molecular weight is 414 g/mol. The van der Waals surface area contributed by atoms with Crippen LogP contribution >= 0.6 is 23.4 Å². The number of alkyl halides is 3. The normalized spacial score (nSPS) is 14.6. The Labute approximate surface area is 163 Å². The summed E-state index contributed by atoms with van der Waals surface area (Å²) in [6.45, 7) is 0. The standard InChI is InChI=1S/C17H15ClF3N5S/c1-27-16(23-9-22)24-12-8-10(18)6-7-14(12)26-13-5-3-2-4-11(13)15(25-26)17(19,20)21/h6-8H,2-5H2,1H3,(H,23,24). The van der Waals surface area contributed by atoms with Crippen LogP contribution in [0.15, 0.2) is 23.2 Å². The van der Waals surface area contributed by atoms with Crippen LogP contribution in [0.2, 0.25) is 5.02 Å². The van der Waals surface area contributed by atoms with Crippen LogP contribution in [0, 0.1) is 11.5 Å². The van der Waals surface area contributed by atoms with E-state index in [0.717, 1.165) is 6.42 Å². The molecular weight excluding hydrogens is 399 g/mol. The predicted molar refractivity (Wildman–Crippen MR) is 99.6 cm³/mol. The highest BCUT2D eigenvalue weighted by atomic mass is 35.5. The third kappa shape index (κ3) is 4.06. The minimum Gasteiger partial charge on any atom is -0.271 e. The number of hydrogen-bond donors (Lipinski definition) is 1. The van der Waals surface area contributed by atoms with Gasteiger partial charge >= 0.3 is 6.18 Å². The molecule has 1 aromatic heterocycles. The second-order valence-electron chi connectivity index (χ2n) is 5.88. The van der Waals surface area contributed by atoms with E-state index >= 15 is 0 Å². The lowest BCUT2D eigenvalue weighted by Gasteiger charge is -2.16. The number of fused-ring (bicyclic) bond motifs is 1. The molecule has 1 aliphatic carbocycles. The number of aliphatic imine (C=N–C) groups is 1. The van der Waals surface area contributed by atoms with Crippen molar-refractivity contribution >= 4 is 34.2 Å². The van der Waals surface area contributed by atoms with Crippen molar-refractivity contribution in [2.45, 2.75) is 31.9 Å². The fourth-order valence-electron chi connectivity index (χ4n) is 3.07. The smallest absolute Gasteiger partial charge is 0.271 e. The van der Waals surface area contributed by atoms with Crippen LogP contribution < -0.4 is 5.32 Å². The maximum absolute atomic E-state index is 13.5. The van der Waals surface area contributed by atoms with Crippen LogP contribution in [-0.2, 0) is 19.0 Å². The highest BCUT2D eigenvalue weighted by molar-refractivity contribution is 8.13. The summed E-state index contributed by atoms with van der Waals surface area (Å²) in [4.78, 5) is 4.34. The number of thioether (sulfide) groups is 1. The number of aromatic nitrogens is 2. The quantitative estimate of drug-likeness (QED) is 0.331. The molecule has 1 N–H and O–H groups in total. The number of nitrogens with one attached hydrogen (secondary N) is 1. The molecule has 0 radical (unpaired) electrons. The van der Waals surface area contributed by atoms with Crippen molar-refractivity contribution in [2.75, 3.05) is 6.26 Å². The predicted octanol–water partition coefficient (Wildman–Crippen LogP) is 4.84. The van der Waals surface area contributed by atoms with Crippen molar-refractivity contribution in [3.63, 3.8) is 0 Å². The van der Waals surface area contributed by atoms with Gasteiger partial charge < -0.3 is 0 Å². The summed E-state index contributed by atoms with van der Waals surface area (Å²) in [6, 6.07) is 4.71. The Bertz CT molecular complexity index is 930. The Morgan fingerprint density at radius 1 is 1.37 bits per heavy atom. The summed E-state index contributed by atoms with van der Waals surface area (Å²) in [5.74, 6) is 0. The van der Waals surface area contributed by atoms with E-state index in [1.165, 1.54) is 22.5 Å². The molecule has 0 atom stereocenters. The van der Waals surface area contributed by atoms with E-state index in [4.69, 9.17) is 16.9 Å². The fraction of sp³-hybridized carbons (Fsp3) is 0.353. The molecule has 0 spiro atoms. The van der Waals surface area contributed by atoms with Crippen LogP contribution in [0.1, 0.15) is 29.8 Å². The van der Waals surface area contributed by atoms with Crippen molar-refractivity contribution in [3.8, 4) is 11.9 Å². The highest BCUT2D eigenvalue weighted by Gasteiger charge is 2.39. The summed E-state index contributed by atoms with van der Waals surface area (Å²) >= 11 is 7.26.